The molecular weight excluding hydrogens is 587 g/mol. The highest BCUT2D eigenvalue weighted by Gasteiger charge is 2.56. The minimum atomic E-state index is -3.96. The molecule has 0 aromatic heterocycles. The molecule has 3 fully saturated rings. The number of amides is 1. The van der Waals surface area contributed by atoms with Crippen molar-refractivity contribution in [3.05, 3.63) is 35.9 Å². The number of ether oxygens (including phenoxy) is 2. The van der Waals surface area contributed by atoms with Gasteiger partial charge < -0.3 is 29.8 Å². The zero-order chi connectivity index (χ0) is 32.7. The van der Waals surface area contributed by atoms with E-state index < -0.39 is 63.8 Å². The number of carbonyl (C=O) groups is 2. The largest absolute Gasteiger partial charge is 0.457 e. The summed E-state index contributed by atoms with van der Waals surface area (Å²) < 4.78 is 53.2. The molecule has 1 aromatic carbocycles. The van der Waals surface area contributed by atoms with Gasteiger partial charge in [-0.3, -0.25) is 0 Å². The van der Waals surface area contributed by atoms with Crippen LogP contribution in [0, 0.1) is 5.92 Å². The molecule has 0 spiro atoms. The molecule has 0 aliphatic carbocycles. The van der Waals surface area contributed by atoms with E-state index in [9.17, 15) is 18.0 Å². The van der Waals surface area contributed by atoms with Gasteiger partial charge in [0.2, 0.25) is 0 Å². The van der Waals surface area contributed by atoms with Crippen LogP contribution in [0.2, 0.25) is 6.32 Å². The number of nitrogens with zero attached hydrogens (tertiary/aromatic N) is 2. The van der Waals surface area contributed by atoms with E-state index in [4.69, 9.17) is 24.5 Å². The summed E-state index contributed by atoms with van der Waals surface area (Å²) in [7, 11) is -4.37. The third-order valence-electron chi connectivity index (χ3n) is 9.04. The topological polar surface area (TPSA) is 150 Å². The number of carbonyl (C=O) groups excluding carboxylic acids is 2. The molecule has 3 aliphatic rings. The fraction of sp³-hybridized carbons (Fsp3) is 0.733. The molecule has 0 unspecified atom stereocenters. The van der Waals surface area contributed by atoms with Gasteiger partial charge in [-0.05, 0) is 73.7 Å². The number of hydrogen-bond donors (Lipinski definition) is 2. The van der Waals surface area contributed by atoms with Gasteiger partial charge in [0, 0.05) is 32.1 Å². The van der Waals surface area contributed by atoms with Gasteiger partial charge in [0.15, 0.2) is 0 Å². The maximum absolute atomic E-state index is 13.7. The van der Waals surface area contributed by atoms with Crippen LogP contribution in [0.15, 0.2) is 30.3 Å². The van der Waals surface area contributed by atoms with Gasteiger partial charge in [-0.2, -0.15) is 17.0 Å². The SMILES string of the molecule is C[C@@H](OC(=O)[C@]1(N)CN(S(=O)(=O)N2CC(NC(=O)OC(C)(C)C)C2)C[C@@H]1CCCB1OC(C)(C)C(C)(C)O1)c1ccccc1. The van der Waals surface area contributed by atoms with E-state index in [1.54, 1.807) is 27.7 Å². The minimum Gasteiger partial charge on any atom is -0.456 e. The quantitative estimate of drug-likeness (QED) is 0.292. The smallest absolute Gasteiger partial charge is 0.456 e. The average molecular weight is 637 g/mol. The summed E-state index contributed by atoms with van der Waals surface area (Å²) in [5.74, 6) is -1.13. The Morgan fingerprint density at radius 1 is 1.07 bits per heavy atom. The van der Waals surface area contributed by atoms with Crippen LogP contribution in [0.4, 0.5) is 4.79 Å². The summed E-state index contributed by atoms with van der Waals surface area (Å²) in [5.41, 5.74) is 4.50. The molecular formula is C30H49BN4O8S. The minimum absolute atomic E-state index is 0.0671. The van der Waals surface area contributed by atoms with Crippen molar-refractivity contribution < 1.29 is 36.8 Å². The van der Waals surface area contributed by atoms with Gasteiger partial charge in [-0.25, -0.2) is 9.59 Å². The van der Waals surface area contributed by atoms with E-state index in [0.29, 0.717) is 19.2 Å². The molecule has 0 radical (unpaired) electrons. The predicted molar refractivity (Wildman–Crippen MR) is 167 cm³/mol. The van der Waals surface area contributed by atoms with Gasteiger partial charge in [0.25, 0.3) is 10.2 Å². The number of alkyl carbamates (subject to hydrolysis) is 1. The second-order valence-corrected chi connectivity index (χ2v) is 16.2. The highest BCUT2D eigenvalue weighted by Crippen LogP contribution is 2.40. The standard InChI is InChI=1S/C30H49BN4O8S/c1-21(22-13-10-9-11-14-22)40-25(36)30(32)20-35(17-23(30)15-12-16-31-42-28(5,6)29(7,8)43-31)44(38,39)34-18-24(19-34)33-26(37)41-27(2,3)4/h9-11,13-14,21,23-24H,12,15-20,32H2,1-8H3,(H,33,37)/t21-,23+,30+/m1/s1. The highest BCUT2D eigenvalue weighted by atomic mass is 32.2. The highest BCUT2D eigenvalue weighted by molar-refractivity contribution is 7.86. The predicted octanol–water partition coefficient (Wildman–Crippen LogP) is 3.25. The summed E-state index contributed by atoms with van der Waals surface area (Å²) in [4.78, 5) is 25.8. The summed E-state index contributed by atoms with van der Waals surface area (Å²) >= 11 is 0. The lowest BCUT2D eigenvalue weighted by Gasteiger charge is -2.40. The number of nitrogens with one attached hydrogen (secondary N) is 1. The monoisotopic (exact) mass is 636 g/mol. The fourth-order valence-corrected chi connectivity index (χ4v) is 7.49. The second-order valence-electron chi connectivity index (χ2n) is 14.3. The molecule has 14 heteroatoms. The van der Waals surface area contributed by atoms with Gasteiger partial charge >= 0.3 is 19.2 Å². The molecule has 1 amide bonds. The molecule has 0 bridgehead atoms. The Labute approximate surface area is 262 Å². The molecule has 246 valence electrons. The molecule has 4 rings (SSSR count). The average Bonchev–Trinajstić information content (AvgIpc) is 3.33. The molecule has 3 saturated heterocycles. The maximum atomic E-state index is 13.7. The van der Waals surface area contributed by atoms with Crippen LogP contribution >= 0.6 is 0 Å². The number of nitrogens with two attached hydrogens (primary N) is 1. The van der Waals surface area contributed by atoms with Gasteiger partial charge in [-0.1, -0.05) is 36.8 Å². The van der Waals surface area contributed by atoms with Crippen LogP contribution in [0.25, 0.3) is 0 Å². The summed E-state index contributed by atoms with van der Waals surface area (Å²) in [6.45, 7) is 15.1. The van der Waals surface area contributed by atoms with Crippen LogP contribution in [-0.2, 0) is 33.8 Å². The van der Waals surface area contributed by atoms with Crippen molar-refractivity contribution in [3.63, 3.8) is 0 Å². The summed E-state index contributed by atoms with van der Waals surface area (Å²) in [5, 5.41) is 2.70. The van der Waals surface area contributed by atoms with Crippen molar-refractivity contribution in [1.82, 2.24) is 13.9 Å². The fourth-order valence-electron chi connectivity index (χ4n) is 5.68. The van der Waals surface area contributed by atoms with E-state index in [1.165, 1.54) is 8.61 Å². The molecule has 1 aromatic rings. The van der Waals surface area contributed by atoms with Crippen molar-refractivity contribution in [2.24, 2.45) is 11.7 Å². The Morgan fingerprint density at radius 3 is 2.23 bits per heavy atom. The van der Waals surface area contributed by atoms with Crippen LogP contribution < -0.4 is 11.1 Å². The van der Waals surface area contributed by atoms with Gasteiger partial charge in [0.05, 0.1) is 17.2 Å². The van der Waals surface area contributed by atoms with Gasteiger partial charge in [-0.15, -0.1) is 0 Å². The Bertz CT molecular complexity index is 1280. The second kappa shape index (κ2) is 12.5. The van der Waals surface area contributed by atoms with Crippen molar-refractivity contribution in [1.29, 1.82) is 0 Å². The zero-order valence-electron chi connectivity index (χ0n) is 27.3. The van der Waals surface area contributed by atoms with E-state index in [1.807, 2.05) is 58.0 Å². The Balaban J connectivity index is 1.43. The lowest BCUT2D eigenvalue weighted by molar-refractivity contribution is -0.156. The van der Waals surface area contributed by atoms with E-state index in [-0.39, 0.29) is 32.2 Å². The lowest BCUT2D eigenvalue weighted by atomic mass is 9.78. The molecule has 3 N–H and O–H groups in total. The number of hydrogen-bond acceptors (Lipinski definition) is 9. The molecule has 3 atom stereocenters. The lowest BCUT2D eigenvalue weighted by Crippen LogP contribution is -2.64. The first-order valence-corrected chi connectivity index (χ1v) is 16.8. The number of esters is 1. The Morgan fingerprint density at radius 2 is 1.66 bits per heavy atom. The third kappa shape index (κ3) is 7.59. The third-order valence-corrected chi connectivity index (χ3v) is 10.9. The molecule has 3 heterocycles. The van der Waals surface area contributed by atoms with E-state index >= 15 is 0 Å². The Kier molecular flexibility index (Phi) is 9.86. The van der Waals surface area contributed by atoms with Crippen LogP contribution in [0.5, 0.6) is 0 Å². The van der Waals surface area contributed by atoms with E-state index in [2.05, 4.69) is 5.32 Å². The number of rotatable bonds is 10. The molecule has 12 nitrogen and oxygen atoms in total. The first-order chi connectivity index (χ1) is 20.2. The number of benzene rings is 1. The van der Waals surface area contributed by atoms with Crippen LogP contribution in [0.3, 0.4) is 0 Å². The van der Waals surface area contributed by atoms with E-state index in [0.717, 1.165) is 5.56 Å². The zero-order valence-corrected chi connectivity index (χ0v) is 28.1. The normalized spacial score (nSPS) is 26.7. The molecule has 0 saturated carbocycles. The first-order valence-electron chi connectivity index (χ1n) is 15.4. The van der Waals surface area contributed by atoms with Crippen molar-refractivity contribution in [2.45, 2.75) is 109 Å². The van der Waals surface area contributed by atoms with Crippen molar-refractivity contribution in [2.75, 3.05) is 26.2 Å². The van der Waals surface area contributed by atoms with Crippen molar-refractivity contribution >= 4 is 29.4 Å². The summed E-state index contributed by atoms with van der Waals surface area (Å²) in [6.07, 6.45) is 0.506. The van der Waals surface area contributed by atoms with Crippen LogP contribution in [0.1, 0.15) is 79.9 Å². The molecule has 3 aliphatic heterocycles. The first kappa shape index (κ1) is 34.6. The van der Waals surface area contributed by atoms with Crippen molar-refractivity contribution in [3.8, 4) is 0 Å². The maximum Gasteiger partial charge on any atom is 0.457 e. The van der Waals surface area contributed by atoms with Crippen LogP contribution in [-0.4, -0.2) is 90.8 Å². The van der Waals surface area contributed by atoms with Gasteiger partial charge in [0.1, 0.15) is 17.2 Å². The Hall–Kier alpha value is -2.23. The molecule has 44 heavy (non-hydrogen) atoms. The summed E-state index contributed by atoms with van der Waals surface area (Å²) in [6, 6.07) is 8.94.